The Morgan fingerprint density at radius 2 is 1.73 bits per heavy atom. The van der Waals surface area contributed by atoms with Crippen LogP contribution in [0.15, 0.2) is 48.5 Å². The lowest BCUT2D eigenvalue weighted by atomic mass is 10.1. The molecule has 1 unspecified atom stereocenters. The van der Waals surface area contributed by atoms with Gasteiger partial charge in [-0.15, -0.1) is 0 Å². The van der Waals surface area contributed by atoms with E-state index in [0.29, 0.717) is 12.8 Å². The van der Waals surface area contributed by atoms with Crippen molar-refractivity contribution in [2.24, 2.45) is 0 Å². The lowest BCUT2D eigenvalue weighted by molar-refractivity contribution is -0.126. The highest BCUT2D eigenvalue weighted by atomic mass is 16.5. The normalized spacial score (nSPS) is 18.9. The minimum absolute atomic E-state index is 0.0149. The van der Waals surface area contributed by atoms with Gasteiger partial charge in [0.2, 0.25) is 11.8 Å². The van der Waals surface area contributed by atoms with Crippen LogP contribution in [0, 0.1) is 0 Å². The molecule has 0 fully saturated rings. The van der Waals surface area contributed by atoms with Crippen LogP contribution >= 0.6 is 0 Å². The summed E-state index contributed by atoms with van der Waals surface area (Å²) in [6.45, 7) is 1.96. The van der Waals surface area contributed by atoms with Crippen LogP contribution in [0.5, 0.6) is 11.5 Å². The standard InChI is InChI=1S/C21H24N2O3/c1-15-12-17-5-2-6-19(13-17)26-18-10-8-16(9-11-18)4-3-7-20(24)22-14-21(25)23-15/h2,5-6,8-11,13,15H,3-4,7,12,14H2,1H3,(H,22,24)(H,23,25). The van der Waals surface area contributed by atoms with Gasteiger partial charge in [0, 0.05) is 12.5 Å². The average Bonchev–Trinajstić information content (AvgIpc) is 2.61. The fraction of sp³-hybridized carbons (Fsp3) is 0.333. The van der Waals surface area contributed by atoms with Gasteiger partial charge in [0.25, 0.3) is 0 Å². The van der Waals surface area contributed by atoms with E-state index in [1.807, 2.05) is 55.5 Å². The Morgan fingerprint density at radius 1 is 0.923 bits per heavy atom. The van der Waals surface area contributed by atoms with Crippen molar-refractivity contribution >= 4 is 11.8 Å². The first-order valence-corrected chi connectivity index (χ1v) is 9.00. The smallest absolute Gasteiger partial charge is 0.239 e. The lowest BCUT2D eigenvalue weighted by Crippen LogP contribution is -2.41. The second-order valence-electron chi connectivity index (χ2n) is 6.70. The predicted molar refractivity (Wildman–Crippen MR) is 100 cm³/mol. The fourth-order valence-electron chi connectivity index (χ4n) is 3.05. The zero-order valence-corrected chi connectivity index (χ0v) is 15.0. The SMILES string of the molecule is CC1Cc2cccc(c2)Oc2ccc(cc2)CCCC(=O)NCC(=O)N1. The van der Waals surface area contributed by atoms with E-state index in [2.05, 4.69) is 10.6 Å². The second kappa shape index (κ2) is 8.52. The molecule has 0 saturated carbocycles. The van der Waals surface area contributed by atoms with Crippen molar-refractivity contribution in [2.75, 3.05) is 6.54 Å². The number of carbonyl (C=O) groups excluding carboxylic acids is 2. The van der Waals surface area contributed by atoms with Crippen LogP contribution in [0.3, 0.4) is 0 Å². The van der Waals surface area contributed by atoms with E-state index in [4.69, 9.17) is 4.74 Å². The fourth-order valence-corrected chi connectivity index (χ4v) is 3.05. The van der Waals surface area contributed by atoms with Gasteiger partial charge in [-0.2, -0.15) is 0 Å². The maximum atomic E-state index is 12.0. The molecule has 5 heteroatoms. The highest BCUT2D eigenvalue weighted by molar-refractivity contribution is 5.84. The Labute approximate surface area is 153 Å². The third-order valence-electron chi connectivity index (χ3n) is 4.32. The predicted octanol–water partition coefficient (Wildman–Crippen LogP) is 2.98. The summed E-state index contributed by atoms with van der Waals surface area (Å²) in [6.07, 6.45) is 2.65. The lowest BCUT2D eigenvalue weighted by Gasteiger charge is -2.15. The maximum absolute atomic E-state index is 12.0. The molecule has 0 saturated heterocycles. The van der Waals surface area contributed by atoms with Crippen LogP contribution in [-0.2, 0) is 22.4 Å². The van der Waals surface area contributed by atoms with Crippen molar-refractivity contribution in [3.05, 3.63) is 59.7 Å². The van der Waals surface area contributed by atoms with Crippen molar-refractivity contribution in [3.63, 3.8) is 0 Å². The summed E-state index contributed by atoms with van der Waals surface area (Å²) in [7, 11) is 0. The summed E-state index contributed by atoms with van der Waals surface area (Å²) in [5.74, 6) is 1.30. The van der Waals surface area contributed by atoms with Gasteiger partial charge in [0.1, 0.15) is 11.5 Å². The number of carbonyl (C=O) groups is 2. The van der Waals surface area contributed by atoms with Crippen LogP contribution in [-0.4, -0.2) is 24.4 Å². The number of ether oxygens (including phenoxy) is 1. The van der Waals surface area contributed by atoms with E-state index in [9.17, 15) is 9.59 Å². The maximum Gasteiger partial charge on any atom is 0.239 e. The quantitative estimate of drug-likeness (QED) is 0.766. The Morgan fingerprint density at radius 3 is 2.54 bits per heavy atom. The number of nitrogens with one attached hydrogen (secondary N) is 2. The monoisotopic (exact) mass is 352 g/mol. The molecule has 0 aromatic heterocycles. The number of fused-ring (bicyclic) bond motifs is 11. The minimum atomic E-state index is -0.172. The molecule has 2 aromatic rings. The van der Waals surface area contributed by atoms with Crippen molar-refractivity contribution in [1.29, 1.82) is 0 Å². The van der Waals surface area contributed by atoms with Gasteiger partial charge in [-0.3, -0.25) is 9.59 Å². The van der Waals surface area contributed by atoms with Crippen LogP contribution in [0.2, 0.25) is 0 Å². The number of hydrogen-bond donors (Lipinski definition) is 2. The van der Waals surface area contributed by atoms with E-state index in [-0.39, 0.29) is 24.4 Å². The van der Waals surface area contributed by atoms with Crippen LogP contribution in [0.1, 0.15) is 30.9 Å². The van der Waals surface area contributed by atoms with Crippen molar-refractivity contribution < 1.29 is 14.3 Å². The first-order valence-electron chi connectivity index (χ1n) is 9.00. The zero-order valence-electron chi connectivity index (χ0n) is 15.0. The summed E-state index contributed by atoms with van der Waals surface area (Å²) in [5.41, 5.74) is 2.24. The Hall–Kier alpha value is -2.82. The Kier molecular flexibility index (Phi) is 5.89. The van der Waals surface area contributed by atoms with E-state index >= 15 is 0 Å². The average molecular weight is 352 g/mol. The minimum Gasteiger partial charge on any atom is -0.457 e. The van der Waals surface area contributed by atoms with Crippen molar-refractivity contribution in [2.45, 2.75) is 38.6 Å². The molecule has 2 aromatic carbocycles. The summed E-state index contributed by atoms with van der Waals surface area (Å²) in [5, 5.41) is 5.60. The van der Waals surface area contributed by atoms with E-state index in [1.54, 1.807) is 0 Å². The third kappa shape index (κ3) is 5.34. The molecule has 4 bridgehead atoms. The first-order chi connectivity index (χ1) is 12.6. The van der Waals surface area contributed by atoms with Gasteiger partial charge in [-0.25, -0.2) is 0 Å². The first kappa shape index (κ1) is 18.0. The second-order valence-corrected chi connectivity index (χ2v) is 6.70. The molecule has 2 aliphatic rings. The van der Waals surface area contributed by atoms with Gasteiger partial charge >= 0.3 is 0 Å². The topological polar surface area (TPSA) is 67.4 Å². The summed E-state index contributed by atoms with van der Waals surface area (Å²) in [6, 6.07) is 15.8. The van der Waals surface area contributed by atoms with E-state index < -0.39 is 0 Å². The molecule has 136 valence electrons. The molecule has 2 N–H and O–H groups in total. The molecular weight excluding hydrogens is 328 g/mol. The molecule has 5 nitrogen and oxygen atoms in total. The Bertz CT molecular complexity index is 771. The van der Waals surface area contributed by atoms with Crippen LogP contribution in [0.25, 0.3) is 0 Å². The summed E-state index contributed by atoms with van der Waals surface area (Å²) < 4.78 is 5.94. The molecular formula is C21H24N2O3. The van der Waals surface area contributed by atoms with Crippen molar-refractivity contribution in [3.8, 4) is 11.5 Å². The highest BCUT2D eigenvalue weighted by Crippen LogP contribution is 2.23. The third-order valence-corrected chi connectivity index (χ3v) is 4.32. The Balaban J connectivity index is 1.78. The molecule has 1 atom stereocenters. The highest BCUT2D eigenvalue weighted by Gasteiger charge is 2.11. The van der Waals surface area contributed by atoms with E-state index in [1.165, 1.54) is 0 Å². The molecule has 0 aliphatic carbocycles. The molecule has 2 heterocycles. The number of rotatable bonds is 0. The number of amides is 2. The van der Waals surface area contributed by atoms with E-state index in [0.717, 1.165) is 35.5 Å². The van der Waals surface area contributed by atoms with Gasteiger partial charge in [-0.05, 0) is 61.6 Å². The van der Waals surface area contributed by atoms with Gasteiger partial charge < -0.3 is 15.4 Å². The zero-order chi connectivity index (χ0) is 18.4. The molecule has 0 radical (unpaired) electrons. The van der Waals surface area contributed by atoms with Crippen molar-refractivity contribution in [1.82, 2.24) is 10.6 Å². The van der Waals surface area contributed by atoms with Crippen LogP contribution < -0.4 is 15.4 Å². The molecule has 0 spiro atoms. The summed E-state index contributed by atoms with van der Waals surface area (Å²) >= 11 is 0. The molecule has 2 amide bonds. The molecule has 4 rings (SSSR count). The molecule has 2 aliphatic heterocycles. The number of hydrogen-bond acceptors (Lipinski definition) is 3. The van der Waals surface area contributed by atoms with Crippen LogP contribution in [0.4, 0.5) is 0 Å². The number of aryl methyl sites for hydroxylation is 1. The largest absolute Gasteiger partial charge is 0.457 e. The van der Waals surface area contributed by atoms with Gasteiger partial charge in [-0.1, -0.05) is 24.3 Å². The van der Waals surface area contributed by atoms with Gasteiger partial charge in [0.05, 0.1) is 6.54 Å². The molecule has 26 heavy (non-hydrogen) atoms. The van der Waals surface area contributed by atoms with Gasteiger partial charge in [0.15, 0.2) is 0 Å². The number of benzene rings is 2. The summed E-state index contributed by atoms with van der Waals surface area (Å²) in [4.78, 5) is 23.8.